The van der Waals surface area contributed by atoms with Crippen LogP contribution in [0.5, 0.6) is 11.8 Å². The molecule has 1 aliphatic carbocycles. The molecule has 1 unspecified atom stereocenters. The normalized spacial score (nSPS) is 19.7. The maximum absolute atomic E-state index is 12.2. The minimum absolute atomic E-state index is 0.0279. The SMILES string of the molecule is C=CC(=O)N1CCN(c2nc(OCCCN3CCOCC3)nc3c2CCC(c2cc(O)cc4ccccc24)C3)CC1. The van der Waals surface area contributed by atoms with Gasteiger partial charge in [0.2, 0.25) is 5.91 Å². The molecule has 2 aromatic carbocycles. The third kappa shape index (κ3) is 6.16. The first-order valence-electron chi connectivity index (χ1n) is 14.8. The quantitative estimate of drug-likeness (QED) is 0.332. The molecular formula is C32H39N5O4. The highest BCUT2D eigenvalue weighted by Gasteiger charge is 2.30. The lowest BCUT2D eigenvalue weighted by Crippen LogP contribution is -2.49. The molecule has 0 saturated carbocycles. The summed E-state index contributed by atoms with van der Waals surface area (Å²) < 4.78 is 11.6. The maximum atomic E-state index is 12.2. The van der Waals surface area contributed by atoms with Gasteiger partial charge in [0.1, 0.15) is 11.6 Å². The Morgan fingerprint density at radius 2 is 1.90 bits per heavy atom. The molecule has 0 radical (unpaired) electrons. The van der Waals surface area contributed by atoms with E-state index in [0.29, 0.717) is 44.5 Å². The molecule has 2 aliphatic heterocycles. The van der Waals surface area contributed by atoms with Crippen LogP contribution in [-0.2, 0) is 22.4 Å². The average Bonchev–Trinajstić information content (AvgIpc) is 3.02. The van der Waals surface area contributed by atoms with Crippen molar-refractivity contribution in [2.45, 2.75) is 31.6 Å². The number of nitrogens with zero attached hydrogens (tertiary/aromatic N) is 5. The van der Waals surface area contributed by atoms with Gasteiger partial charge in [-0.3, -0.25) is 9.69 Å². The minimum Gasteiger partial charge on any atom is -0.508 e. The minimum atomic E-state index is -0.0279. The Morgan fingerprint density at radius 1 is 1.10 bits per heavy atom. The van der Waals surface area contributed by atoms with Gasteiger partial charge >= 0.3 is 6.01 Å². The van der Waals surface area contributed by atoms with E-state index in [0.717, 1.165) is 81.0 Å². The van der Waals surface area contributed by atoms with Crippen molar-refractivity contribution in [3.05, 3.63) is 65.9 Å². The second-order valence-corrected chi connectivity index (χ2v) is 11.1. The zero-order valence-electron chi connectivity index (χ0n) is 23.6. The van der Waals surface area contributed by atoms with Crippen LogP contribution in [0.4, 0.5) is 5.82 Å². The predicted octanol–water partition coefficient (Wildman–Crippen LogP) is 3.54. The number of carbonyl (C=O) groups is 1. The van der Waals surface area contributed by atoms with E-state index in [1.54, 1.807) is 0 Å². The van der Waals surface area contributed by atoms with Gasteiger partial charge in [0.15, 0.2) is 0 Å². The first-order chi connectivity index (χ1) is 20.1. The number of hydrogen-bond donors (Lipinski definition) is 1. The molecule has 1 aromatic heterocycles. The standard InChI is InChI=1S/C32H39N5O4/c1-2-30(39)36-11-13-37(14-12-36)31-27-9-8-24(28-22-25(38)20-23-6-3-4-7-26(23)28)21-29(27)33-32(34-31)41-17-5-10-35-15-18-40-19-16-35/h2-4,6-7,20,22,24,38H,1,5,8-19,21H2. The molecule has 3 aliphatic rings. The van der Waals surface area contributed by atoms with Crippen molar-refractivity contribution in [2.24, 2.45) is 0 Å². The number of phenolic OH excluding ortho intramolecular Hbond substituents is 1. The number of ether oxygens (including phenoxy) is 2. The van der Waals surface area contributed by atoms with Crippen molar-refractivity contribution >= 4 is 22.5 Å². The molecule has 3 aromatic rings. The first kappa shape index (κ1) is 27.5. The molecule has 1 N–H and O–H groups in total. The van der Waals surface area contributed by atoms with Crippen LogP contribution in [0.15, 0.2) is 49.1 Å². The van der Waals surface area contributed by atoms with Crippen molar-refractivity contribution in [1.82, 2.24) is 19.8 Å². The summed E-state index contributed by atoms with van der Waals surface area (Å²) in [5.41, 5.74) is 3.36. The molecule has 2 saturated heterocycles. The van der Waals surface area contributed by atoms with Gasteiger partial charge in [0.25, 0.3) is 0 Å². The van der Waals surface area contributed by atoms with Gasteiger partial charge in [-0.05, 0) is 66.1 Å². The Kier molecular flexibility index (Phi) is 8.34. The van der Waals surface area contributed by atoms with Crippen LogP contribution in [-0.4, -0.2) is 96.4 Å². The van der Waals surface area contributed by atoms with Crippen LogP contribution in [0.1, 0.15) is 35.6 Å². The highest BCUT2D eigenvalue weighted by atomic mass is 16.5. The van der Waals surface area contributed by atoms with Gasteiger partial charge in [-0.1, -0.05) is 30.8 Å². The topological polar surface area (TPSA) is 91.3 Å². The first-order valence-corrected chi connectivity index (χ1v) is 14.8. The second kappa shape index (κ2) is 12.4. The summed E-state index contributed by atoms with van der Waals surface area (Å²) in [5, 5.41) is 12.7. The van der Waals surface area contributed by atoms with Crippen molar-refractivity contribution in [3.63, 3.8) is 0 Å². The van der Waals surface area contributed by atoms with Crippen LogP contribution < -0.4 is 9.64 Å². The Bertz CT molecular complexity index is 1400. The number of piperazine rings is 1. The third-order valence-corrected chi connectivity index (χ3v) is 8.57. The van der Waals surface area contributed by atoms with E-state index in [2.05, 4.69) is 34.6 Å². The Labute approximate surface area is 241 Å². The number of carbonyl (C=O) groups excluding carboxylic acids is 1. The number of aromatic nitrogens is 2. The fraction of sp³-hybridized carbons (Fsp3) is 0.469. The number of morpholine rings is 1. The van der Waals surface area contributed by atoms with E-state index in [4.69, 9.17) is 19.4 Å². The van der Waals surface area contributed by atoms with E-state index in [-0.39, 0.29) is 11.8 Å². The van der Waals surface area contributed by atoms with Crippen LogP contribution in [0.3, 0.4) is 0 Å². The molecule has 3 heterocycles. The second-order valence-electron chi connectivity index (χ2n) is 11.1. The van der Waals surface area contributed by atoms with Gasteiger partial charge in [0, 0.05) is 51.4 Å². The fourth-order valence-corrected chi connectivity index (χ4v) is 6.37. The summed E-state index contributed by atoms with van der Waals surface area (Å²) in [6.45, 7) is 11.4. The Morgan fingerprint density at radius 3 is 2.71 bits per heavy atom. The van der Waals surface area contributed by atoms with E-state index in [1.807, 2.05) is 23.1 Å². The summed E-state index contributed by atoms with van der Waals surface area (Å²) in [6.07, 6.45) is 4.84. The van der Waals surface area contributed by atoms with Gasteiger partial charge in [-0.15, -0.1) is 0 Å². The maximum Gasteiger partial charge on any atom is 0.318 e. The van der Waals surface area contributed by atoms with Gasteiger partial charge in [-0.2, -0.15) is 9.97 Å². The number of aromatic hydroxyl groups is 1. The zero-order chi connectivity index (χ0) is 28.2. The molecular weight excluding hydrogens is 518 g/mol. The van der Waals surface area contributed by atoms with Crippen molar-refractivity contribution in [2.75, 3.05) is 70.5 Å². The molecule has 9 heteroatoms. The highest BCUT2D eigenvalue weighted by molar-refractivity contribution is 5.88. The predicted molar refractivity (Wildman–Crippen MR) is 159 cm³/mol. The van der Waals surface area contributed by atoms with Crippen LogP contribution in [0, 0.1) is 0 Å². The molecule has 9 nitrogen and oxygen atoms in total. The molecule has 1 atom stereocenters. The van der Waals surface area contributed by atoms with Crippen LogP contribution in [0.25, 0.3) is 10.8 Å². The molecule has 0 bridgehead atoms. The summed E-state index contributed by atoms with van der Waals surface area (Å²) in [4.78, 5) is 28.6. The van der Waals surface area contributed by atoms with Crippen molar-refractivity contribution in [1.29, 1.82) is 0 Å². The number of phenols is 1. The zero-order valence-corrected chi connectivity index (χ0v) is 23.6. The Hall–Kier alpha value is -3.69. The molecule has 1 amide bonds. The number of fused-ring (bicyclic) bond motifs is 2. The average molecular weight is 558 g/mol. The summed E-state index contributed by atoms with van der Waals surface area (Å²) in [5.74, 6) is 1.44. The monoisotopic (exact) mass is 557 g/mol. The number of rotatable bonds is 8. The fourth-order valence-electron chi connectivity index (χ4n) is 6.37. The van der Waals surface area contributed by atoms with Crippen LogP contribution >= 0.6 is 0 Å². The molecule has 6 rings (SSSR count). The van der Waals surface area contributed by atoms with E-state index >= 15 is 0 Å². The molecule has 0 spiro atoms. The van der Waals surface area contributed by atoms with Crippen molar-refractivity contribution < 1.29 is 19.4 Å². The molecule has 41 heavy (non-hydrogen) atoms. The van der Waals surface area contributed by atoms with Gasteiger partial charge < -0.3 is 24.4 Å². The summed E-state index contributed by atoms with van der Waals surface area (Å²) >= 11 is 0. The largest absolute Gasteiger partial charge is 0.508 e. The van der Waals surface area contributed by atoms with Gasteiger partial charge in [0.05, 0.1) is 25.5 Å². The smallest absolute Gasteiger partial charge is 0.318 e. The lowest BCUT2D eigenvalue weighted by molar-refractivity contribution is -0.126. The lowest BCUT2D eigenvalue weighted by Gasteiger charge is -2.37. The van der Waals surface area contributed by atoms with Gasteiger partial charge in [-0.25, -0.2) is 0 Å². The van der Waals surface area contributed by atoms with E-state index < -0.39 is 0 Å². The van der Waals surface area contributed by atoms with Crippen LogP contribution in [0.2, 0.25) is 0 Å². The van der Waals surface area contributed by atoms with Crippen molar-refractivity contribution in [3.8, 4) is 11.8 Å². The summed E-state index contributed by atoms with van der Waals surface area (Å²) in [7, 11) is 0. The highest BCUT2D eigenvalue weighted by Crippen LogP contribution is 2.40. The lowest BCUT2D eigenvalue weighted by atomic mass is 9.80. The summed E-state index contributed by atoms with van der Waals surface area (Å²) in [6, 6.07) is 12.4. The third-order valence-electron chi connectivity index (χ3n) is 8.57. The Balaban J connectivity index is 1.24. The number of benzene rings is 2. The van der Waals surface area contributed by atoms with E-state index in [1.165, 1.54) is 17.0 Å². The van der Waals surface area contributed by atoms with E-state index in [9.17, 15) is 9.90 Å². The molecule has 216 valence electrons. The number of amides is 1. The number of hydrogen-bond acceptors (Lipinski definition) is 8. The number of anilines is 1. The molecule has 2 fully saturated rings.